The molecule has 0 atom stereocenters. The van der Waals surface area contributed by atoms with Crippen LogP contribution in [0.1, 0.15) is 42.0 Å². The number of phenols is 1. The molecule has 5 aromatic carbocycles. The fourth-order valence-corrected chi connectivity index (χ4v) is 3.75. The fraction of sp³-hybridized carbons (Fsp3) is 0.188. The van der Waals surface area contributed by atoms with E-state index in [2.05, 4.69) is 107 Å². The zero-order valence-electron chi connectivity index (χ0n) is 22.6. The molecule has 0 heterocycles. The minimum atomic E-state index is 0. The fourth-order valence-electron chi connectivity index (χ4n) is 3.75. The Balaban J connectivity index is 0. The van der Waals surface area contributed by atoms with E-state index in [9.17, 15) is 5.11 Å². The van der Waals surface area contributed by atoms with Crippen LogP contribution in [0.15, 0.2) is 91.0 Å². The summed E-state index contributed by atoms with van der Waals surface area (Å²) in [7, 11) is 0. The quantitative estimate of drug-likeness (QED) is 0.151. The first-order valence-corrected chi connectivity index (χ1v) is 15.3. The van der Waals surface area contributed by atoms with E-state index in [0.717, 1.165) is 11.1 Å². The van der Waals surface area contributed by atoms with Crippen molar-refractivity contribution in [1.82, 2.24) is 0 Å². The van der Waals surface area contributed by atoms with Crippen molar-refractivity contribution in [2.45, 2.75) is 40.5 Å². The number of fused-ring (bicyclic) bond motifs is 2. The van der Waals surface area contributed by atoms with Gasteiger partial charge in [-0.15, -0.1) is 93.6 Å². The van der Waals surface area contributed by atoms with Gasteiger partial charge in [-0.1, -0.05) is 52.0 Å². The molecule has 5 aromatic rings. The van der Waals surface area contributed by atoms with E-state index >= 15 is 0 Å². The van der Waals surface area contributed by atoms with Crippen LogP contribution in [0.3, 0.4) is 0 Å². The van der Waals surface area contributed by atoms with Crippen LogP contribution in [0, 0.1) is 35.6 Å². The van der Waals surface area contributed by atoms with Gasteiger partial charge in [-0.3, -0.25) is 0 Å². The molecule has 4 heteroatoms. The van der Waals surface area contributed by atoms with E-state index < -0.39 is 0 Å². The maximum atomic E-state index is 9.46. The molecule has 0 fully saturated rings. The third-order valence-electron chi connectivity index (χ3n) is 5.33. The first kappa shape index (κ1) is 36.2. The van der Waals surface area contributed by atoms with Gasteiger partial charge >= 0.3 is 30.2 Å². The molecule has 36 heavy (non-hydrogen) atoms. The molecule has 0 aliphatic rings. The topological polar surface area (TPSA) is 20.2 Å². The molecular formula is C32H39ClOSiZr-4. The van der Waals surface area contributed by atoms with Crippen molar-refractivity contribution >= 4 is 40.8 Å². The first-order valence-electron chi connectivity index (χ1n) is 11.1. The number of hydrogen-bond donors (Lipinski definition) is 1. The van der Waals surface area contributed by atoms with Gasteiger partial charge in [-0.25, -0.2) is 0 Å². The second-order valence-corrected chi connectivity index (χ2v) is 8.54. The summed E-state index contributed by atoms with van der Waals surface area (Å²) < 4.78 is 0. The van der Waals surface area contributed by atoms with Crippen LogP contribution < -0.4 is 0 Å². The molecule has 0 amide bonds. The van der Waals surface area contributed by atoms with Gasteiger partial charge < -0.3 is 20.0 Å². The van der Waals surface area contributed by atoms with Crippen molar-refractivity contribution in [3.8, 4) is 5.75 Å². The van der Waals surface area contributed by atoms with E-state index in [1.807, 2.05) is 19.1 Å². The second kappa shape index (κ2) is 18.3. The Hall–Kier alpha value is -1.93. The van der Waals surface area contributed by atoms with E-state index in [0.29, 0.717) is 11.7 Å². The molecule has 0 saturated heterocycles. The summed E-state index contributed by atoms with van der Waals surface area (Å²) in [5.74, 6) is 0.815. The SMILES string of the molecule is Cc1cc2ccccc2[cH-]1.Cc1cc2ccccc2[cH-]1.Cc1ccc(C(C)C)c(O)c1.Cl.[CH3-].[CH3-].[Si]=[Zr]. The molecule has 192 valence electrons. The summed E-state index contributed by atoms with van der Waals surface area (Å²) in [6.45, 7) is 13.4. The van der Waals surface area contributed by atoms with Crippen LogP contribution in [-0.4, -0.2) is 12.0 Å². The summed E-state index contributed by atoms with van der Waals surface area (Å²) in [6.07, 6.45) is 0. The van der Waals surface area contributed by atoms with Crippen molar-refractivity contribution < 1.29 is 28.4 Å². The van der Waals surface area contributed by atoms with E-state index in [1.54, 1.807) is 6.07 Å². The van der Waals surface area contributed by atoms with E-state index in [4.69, 9.17) is 0 Å². The van der Waals surface area contributed by atoms with Crippen LogP contribution in [-0.2, 0) is 23.3 Å². The molecular weight excluding hydrogens is 555 g/mol. The minimum absolute atomic E-state index is 0. The molecule has 0 unspecified atom stereocenters. The van der Waals surface area contributed by atoms with Gasteiger partial charge in [-0.2, -0.15) is 12.1 Å². The van der Waals surface area contributed by atoms with Crippen LogP contribution in [0.25, 0.3) is 21.5 Å². The molecule has 0 saturated carbocycles. The third-order valence-corrected chi connectivity index (χ3v) is 5.33. The van der Waals surface area contributed by atoms with Crippen LogP contribution in [0.4, 0.5) is 0 Å². The Morgan fingerprint density at radius 1 is 0.694 bits per heavy atom. The van der Waals surface area contributed by atoms with Crippen molar-refractivity contribution in [3.05, 3.63) is 128 Å². The van der Waals surface area contributed by atoms with Gasteiger partial charge in [0.05, 0.1) is 0 Å². The Bertz CT molecular complexity index is 1150. The summed E-state index contributed by atoms with van der Waals surface area (Å²) in [5.41, 5.74) is 4.82. The number of halogens is 1. The molecule has 1 nitrogen and oxygen atoms in total. The average Bonchev–Trinajstić information content (AvgIpc) is 3.36. The molecule has 5 rings (SSSR count). The molecule has 0 aliphatic heterocycles. The van der Waals surface area contributed by atoms with Crippen LogP contribution in [0.2, 0.25) is 0 Å². The molecule has 0 aliphatic carbocycles. The molecule has 0 bridgehead atoms. The molecule has 1 N–H and O–H groups in total. The zero-order chi connectivity index (χ0) is 24.4. The van der Waals surface area contributed by atoms with E-state index in [1.165, 1.54) is 56.0 Å². The van der Waals surface area contributed by atoms with Gasteiger partial charge in [0, 0.05) is 0 Å². The summed E-state index contributed by atoms with van der Waals surface area (Å²) in [5, 5.41) is 14.9. The van der Waals surface area contributed by atoms with Crippen molar-refractivity contribution in [2.24, 2.45) is 0 Å². The third kappa shape index (κ3) is 11.0. The summed E-state index contributed by atoms with van der Waals surface area (Å²) >= 11 is 1.36. The molecule has 0 spiro atoms. The Labute approximate surface area is 242 Å². The van der Waals surface area contributed by atoms with Gasteiger partial charge in [0.1, 0.15) is 5.75 Å². The Morgan fingerprint density at radius 3 is 1.47 bits per heavy atom. The standard InChI is InChI=1S/C10H14O.2C10H9.2CH3.ClH.Si.Zr/c1-7(2)9-5-4-8(3)6-10(9)11;2*1-8-6-9-4-2-3-5-10(9)7-8;;;;;/h4-7,11H,1-3H3;2*2-7H,1H3;2*1H3;1H;;/q;4*-1;;;. The maximum absolute atomic E-state index is 9.46. The summed E-state index contributed by atoms with van der Waals surface area (Å²) in [6, 6.07) is 31.5. The van der Waals surface area contributed by atoms with Gasteiger partial charge in [0.15, 0.2) is 0 Å². The molecule has 0 aromatic heterocycles. The summed E-state index contributed by atoms with van der Waals surface area (Å²) in [4.78, 5) is 0. The predicted molar refractivity (Wildman–Crippen MR) is 161 cm³/mol. The average molecular weight is 594 g/mol. The monoisotopic (exact) mass is 592 g/mol. The predicted octanol–water partition coefficient (Wildman–Crippen LogP) is 9.50. The second-order valence-electron chi connectivity index (χ2n) is 8.54. The first-order chi connectivity index (χ1) is 15.8. The Morgan fingerprint density at radius 2 is 1.11 bits per heavy atom. The van der Waals surface area contributed by atoms with Crippen molar-refractivity contribution in [3.63, 3.8) is 0 Å². The van der Waals surface area contributed by atoms with Crippen molar-refractivity contribution in [2.75, 3.05) is 0 Å². The van der Waals surface area contributed by atoms with Crippen LogP contribution in [0.5, 0.6) is 5.75 Å². The van der Waals surface area contributed by atoms with Crippen molar-refractivity contribution in [1.29, 1.82) is 0 Å². The molecule has 2 radical (unpaired) electrons. The number of aromatic hydroxyl groups is 1. The Kier molecular flexibility index (Phi) is 18.5. The van der Waals surface area contributed by atoms with Gasteiger partial charge in [-0.05, 0) is 30.0 Å². The van der Waals surface area contributed by atoms with Gasteiger partial charge in [0.25, 0.3) is 0 Å². The zero-order valence-corrected chi connectivity index (χ0v) is 26.9. The normalized spacial score (nSPS) is 9.14. The number of rotatable bonds is 1. The van der Waals surface area contributed by atoms with Crippen LogP contribution >= 0.6 is 12.4 Å². The number of phenolic OH excluding ortho intramolecular Hbond substituents is 1. The van der Waals surface area contributed by atoms with E-state index in [-0.39, 0.29) is 27.3 Å². The number of hydrogen-bond acceptors (Lipinski definition) is 1. The number of aryl methyl sites for hydroxylation is 3. The number of benzene rings is 3. The van der Waals surface area contributed by atoms with Gasteiger partial charge in [0.2, 0.25) is 0 Å².